The first-order chi connectivity index (χ1) is 14.6. The zero-order valence-corrected chi connectivity index (χ0v) is 16.6. The largest absolute Gasteiger partial charge is 0.340 e. The Morgan fingerprint density at radius 1 is 1.17 bits per heavy atom. The minimum atomic E-state index is 0.0450. The molecule has 1 aliphatic rings. The summed E-state index contributed by atoms with van der Waals surface area (Å²) in [5.41, 5.74) is 4.05. The zero-order valence-electron chi connectivity index (χ0n) is 16.6. The lowest BCUT2D eigenvalue weighted by Crippen LogP contribution is -2.30. The van der Waals surface area contributed by atoms with E-state index >= 15 is 0 Å². The van der Waals surface area contributed by atoms with E-state index in [1.807, 2.05) is 69.9 Å². The highest BCUT2D eigenvalue weighted by Crippen LogP contribution is 2.26. The van der Waals surface area contributed by atoms with Gasteiger partial charge in [-0.15, -0.1) is 5.10 Å². The van der Waals surface area contributed by atoms with E-state index in [1.54, 1.807) is 12.1 Å². The molecule has 7 heteroatoms. The van der Waals surface area contributed by atoms with Gasteiger partial charge in [-0.2, -0.15) is 5.26 Å². The molecule has 3 heterocycles. The molecular formula is C23H20N6O. The van der Waals surface area contributed by atoms with Crippen molar-refractivity contribution in [3.05, 3.63) is 72.1 Å². The summed E-state index contributed by atoms with van der Waals surface area (Å²) in [6.45, 7) is 1.30. The molecule has 2 aromatic carbocycles. The highest BCUT2D eigenvalue weighted by atomic mass is 16.2. The molecule has 4 aromatic rings. The SMILES string of the molecule is Cn1c(C(=O)N2CCC(n3cc(-c4ccc(C#N)cc4)nn3)C2)cc2ccccc21. The van der Waals surface area contributed by atoms with Gasteiger partial charge in [0.1, 0.15) is 11.4 Å². The summed E-state index contributed by atoms with van der Waals surface area (Å²) in [5.74, 6) is 0.0450. The topological polar surface area (TPSA) is 79.7 Å². The molecule has 0 aliphatic carbocycles. The van der Waals surface area contributed by atoms with E-state index in [2.05, 4.69) is 16.4 Å². The first-order valence-corrected chi connectivity index (χ1v) is 9.90. The van der Waals surface area contributed by atoms with E-state index in [0.717, 1.165) is 28.6 Å². The number of nitriles is 1. The van der Waals surface area contributed by atoms with Crippen LogP contribution in [0.5, 0.6) is 0 Å². The van der Waals surface area contributed by atoms with Crippen molar-refractivity contribution in [1.29, 1.82) is 5.26 Å². The van der Waals surface area contributed by atoms with Crippen LogP contribution >= 0.6 is 0 Å². The highest BCUT2D eigenvalue weighted by molar-refractivity contribution is 5.98. The van der Waals surface area contributed by atoms with Crippen LogP contribution in [0.4, 0.5) is 0 Å². The maximum atomic E-state index is 13.1. The molecule has 1 aliphatic heterocycles. The summed E-state index contributed by atoms with van der Waals surface area (Å²) >= 11 is 0. The molecule has 2 aromatic heterocycles. The number of amides is 1. The molecule has 1 saturated heterocycles. The van der Waals surface area contributed by atoms with Crippen LogP contribution in [0, 0.1) is 11.3 Å². The smallest absolute Gasteiger partial charge is 0.270 e. The van der Waals surface area contributed by atoms with Crippen molar-refractivity contribution in [2.24, 2.45) is 7.05 Å². The summed E-state index contributed by atoms with van der Waals surface area (Å²) in [5, 5.41) is 18.6. The van der Waals surface area contributed by atoms with Gasteiger partial charge in [0.25, 0.3) is 5.91 Å². The van der Waals surface area contributed by atoms with E-state index in [-0.39, 0.29) is 11.9 Å². The summed E-state index contributed by atoms with van der Waals surface area (Å²) < 4.78 is 3.81. The number of likely N-dealkylation sites (tertiary alicyclic amines) is 1. The number of hydrogen-bond acceptors (Lipinski definition) is 4. The Morgan fingerprint density at radius 2 is 1.97 bits per heavy atom. The number of para-hydroxylation sites is 1. The Kier molecular flexibility index (Phi) is 4.32. The number of fused-ring (bicyclic) bond motifs is 1. The van der Waals surface area contributed by atoms with Crippen LogP contribution in [-0.2, 0) is 7.05 Å². The van der Waals surface area contributed by atoms with E-state index < -0.39 is 0 Å². The maximum Gasteiger partial charge on any atom is 0.270 e. The van der Waals surface area contributed by atoms with Gasteiger partial charge in [-0.1, -0.05) is 35.5 Å². The Labute approximate surface area is 173 Å². The number of benzene rings is 2. The van der Waals surface area contributed by atoms with Gasteiger partial charge >= 0.3 is 0 Å². The van der Waals surface area contributed by atoms with Crippen LogP contribution in [0.3, 0.4) is 0 Å². The monoisotopic (exact) mass is 396 g/mol. The maximum absolute atomic E-state index is 13.1. The molecule has 1 fully saturated rings. The number of carbonyl (C=O) groups excluding carboxylic acids is 1. The summed E-state index contributed by atoms with van der Waals surface area (Å²) in [7, 11) is 1.93. The normalized spacial score (nSPS) is 16.1. The second kappa shape index (κ2) is 7.16. The predicted molar refractivity (Wildman–Crippen MR) is 113 cm³/mol. The molecule has 1 atom stereocenters. The molecule has 5 rings (SSSR count). The number of hydrogen-bond donors (Lipinski definition) is 0. The molecule has 1 unspecified atom stereocenters. The van der Waals surface area contributed by atoms with E-state index in [1.165, 1.54) is 0 Å². The van der Waals surface area contributed by atoms with Gasteiger partial charge in [0.15, 0.2) is 0 Å². The van der Waals surface area contributed by atoms with E-state index in [9.17, 15) is 4.79 Å². The number of aryl methyl sites for hydroxylation is 1. The molecule has 0 bridgehead atoms. The van der Waals surface area contributed by atoms with Crippen LogP contribution in [0.2, 0.25) is 0 Å². The lowest BCUT2D eigenvalue weighted by molar-refractivity contribution is 0.0778. The molecular weight excluding hydrogens is 376 g/mol. The van der Waals surface area contributed by atoms with Gasteiger partial charge in [-0.05, 0) is 30.7 Å². The standard InChI is InChI=1S/C23H20N6O/c1-27-21-5-3-2-4-18(21)12-22(27)23(30)28-11-10-19(14-28)29-15-20(25-26-29)17-8-6-16(13-24)7-9-17/h2-9,12,15,19H,10-11,14H2,1H3. The Morgan fingerprint density at radius 3 is 2.73 bits per heavy atom. The van der Waals surface area contributed by atoms with Crippen molar-refractivity contribution in [2.45, 2.75) is 12.5 Å². The first-order valence-electron chi connectivity index (χ1n) is 9.90. The Bertz CT molecular complexity index is 1280. The molecule has 0 N–H and O–H groups in total. The van der Waals surface area contributed by atoms with Crippen LogP contribution in [-0.4, -0.2) is 43.5 Å². The van der Waals surface area contributed by atoms with Gasteiger partial charge in [0, 0.05) is 36.6 Å². The zero-order chi connectivity index (χ0) is 20.7. The van der Waals surface area contributed by atoms with Crippen molar-refractivity contribution in [3.8, 4) is 17.3 Å². The van der Waals surface area contributed by atoms with E-state index in [4.69, 9.17) is 5.26 Å². The van der Waals surface area contributed by atoms with Crippen molar-refractivity contribution in [3.63, 3.8) is 0 Å². The van der Waals surface area contributed by atoms with Gasteiger partial charge in [-0.25, -0.2) is 4.68 Å². The number of nitrogens with zero attached hydrogens (tertiary/aromatic N) is 6. The van der Waals surface area contributed by atoms with Crippen LogP contribution in [0.15, 0.2) is 60.8 Å². The highest BCUT2D eigenvalue weighted by Gasteiger charge is 2.30. The van der Waals surface area contributed by atoms with Crippen molar-refractivity contribution in [1.82, 2.24) is 24.5 Å². The molecule has 0 spiro atoms. The third-order valence-electron chi connectivity index (χ3n) is 5.82. The molecule has 0 radical (unpaired) electrons. The van der Waals surface area contributed by atoms with Gasteiger partial charge in [-0.3, -0.25) is 4.79 Å². The fourth-order valence-corrected chi connectivity index (χ4v) is 4.10. The van der Waals surface area contributed by atoms with Gasteiger partial charge in [0.05, 0.1) is 23.9 Å². The van der Waals surface area contributed by atoms with Crippen LogP contribution in [0.1, 0.15) is 28.5 Å². The summed E-state index contributed by atoms with van der Waals surface area (Å²) in [6, 6.07) is 19.5. The van der Waals surface area contributed by atoms with Crippen molar-refractivity contribution < 1.29 is 4.79 Å². The summed E-state index contributed by atoms with van der Waals surface area (Å²) in [6.07, 6.45) is 2.75. The number of carbonyl (C=O) groups is 1. The fraction of sp³-hybridized carbons (Fsp3) is 0.217. The van der Waals surface area contributed by atoms with Crippen molar-refractivity contribution in [2.75, 3.05) is 13.1 Å². The molecule has 30 heavy (non-hydrogen) atoms. The fourth-order valence-electron chi connectivity index (χ4n) is 4.10. The minimum absolute atomic E-state index is 0.0450. The quantitative estimate of drug-likeness (QED) is 0.532. The molecule has 1 amide bonds. The van der Waals surface area contributed by atoms with Crippen molar-refractivity contribution >= 4 is 16.8 Å². The second-order valence-electron chi connectivity index (χ2n) is 7.61. The lowest BCUT2D eigenvalue weighted by atomic mass is 10.1. The predicted octanol–water partition coefficient (Wildman–Crippen LogP) is 3.40. The average molecular weight is 396 g/mol. The molecule has 148 valence electrons. The lowest BCUT2D eigenvalue weighted by Gasteiger charge is -2.17. The third-order valence-corrected chi connectivity index (χ3v) is 5.82. The summed E-state index contributed by atoms with van der Waals surface area (Å²) in [4.78, 5) is 15.0. The van der Waals surface area contributed by atoms with Crippen LogP contribution < -0.4 is 0 Å². The van der Waals surface area contributed by atoms with Crippen LogP contribution in [0.25, 0.3) is 22.2 Å². The van der Waals surface area contributed by atoms with Gasteiger partial charge < -0.3 is 9.47 Å². The number of rotatable bonds is 3. The molecule has 7 nitrogen and oxygen atoms in total. The van der Waals surface area contributed by atoms with Gasteiger partial charge in [0.2, 0.25) is 0 Å². The number of aromatic nitrogens is 4. The average Bonchev–Trinajstić information content (AvgIpc) is 3.52. The third kappa shape index (κ3) is 3.03. The first kappa shape index (κ1) is 18.1. The Hall–Kier alpha value is -3.92. The second-order valence-corrected chi connectivity index (χ2v) is 7.61. The van der Waals surface area contributed by atoms with E-state index in [0.29, 0.717) is 24.3 Å². The minimum Gasteiger partial charge on any atom is -0.340 e. The Balaban J connectivity index is 1.33. The molecule has 0 saturated carbocycles.